The van der Waals surface area contributed by atoms with Gasteiger partial charge in [-0.25, -0.2) is 4.98 Å². The van der Waals surface area contributed by atoms with Gasteiger partial charge in [0.15, 0.2) is 11.0 Å². The van der Waals surface area contributed by atoms with E-state index in [2.05, 4.69) is 15.7 Å². The molecule has 3 aliphatic rings. The maximum absolute atomic E-state index is 13.2. The molecule has 4 rings (SSSR count). The van der Waals surface area contributed by atoms with Crippen LogP contribution in [0.4, 0.5) is 0 Å². The SMILES string of the molecule is N#CCCCCSc1nc2nn(-c3ccccc3)c(=O)c-2c2n1CCCCC2. The third-order valence-corrected chi connectivity index (χ3v) is 6.14. The second-order valence-electron chi connectivity index (χ2n) is 7.02. The van der Waals surface area contributed by atoms with Crippen LogP contribution in [-0.4, -0.2) is 25.1 Å². The lowest BCUT2D eigenvalue weighted by atomic mass is 10.1. The van der Waals surface area contributed by atoms with Crippen molar-refractivity contribution in [3.8, 4) is 23.1 Å². The fourth-order valence-corrected chi connectivity index (χ4v) is 4.72. The Morgan fingerprint density at radius 1 is 1.14 bits per heavy atom. The van der Waals surface area contributed by atoms with Crippen molar-refractivity contribution in [3.05, 3.63) is 46.4 Å². The lowest BCUT2D eigenvalue weighted by molar-refractivity contribution is 0.571. The van der Waals surface area contributed by atoms with Gasteiger partial charge in [-0.05, 0) is 44.2 Å². The number of hydrogen-bond acceptors (Lipinski definition) is 5. The van der Waals surface area contributed by atoms with Crippen molar-refractivity contribution in [2.24, 2.45) is 0 Å². The van der Waals surface area contributed by atoms with E-state index < -0.39 is 0 Å². The maximum Gasteiger partial charge on any atom is 0.284 e. The Morgan fingerprint density at radius 3 is 2.82 bits per heavy atom. The number of fused-ring (bicyclic) bond motifs is 3. The summed E-state index contributed by atoms with van der Waals surface area (Å²) in [5, 5.41) is 14.2. The highest BCUT2D eigenvalue weighted by molar-refractivity contribution is 7.99. The molecule has 0 aliphatic carbocycles. The molecule has 0 aromatic heterocycles. The van der Waals surface area contributed by atoms with Gasteiger partial charge in [0.1, 0.15) is 5.56 Å². The number of para-hydroxylation sites is 1. The van der Waals surface area contributed by atoms with Crippen LogP contribution < -0.4 is 5.56 Å². The number of nitriles is 1. The summed E-state index contributed by atoms with van der Waals surface area (Å²) in [5.41, 5.74) is 2.43. The first-order valence-electron chi connectivity index (χ1n) is 9.87. The van der Waals surface area contributed by atoms with E-state index in [4.69, 9.17) is 10.2 Å². The van der Waals surface area contributed by atoms with Gasteiger partial charge >= 0.3 is 0 Å². The molecule has 0 saturated heterocycles. The van der Waals surface area contributed by atoms with E-state index in [1.807, 2.05) is 30.3 Å². The third-order valence-electron chi connectivity index (χ3n) is 5.08. The van der Waals surface area contributed by atoms with Crippen LogP contribution in [0.3, 0.4) is 0 Å². The minimum absolute atomic E-state index is 0.0788. The van der Waals surface area contributed by atoms with Gasteiger partial charge in [-0.3, -0.25) is 4.79 Å². The second kappa shape index (κ2) is 8.61. The average Bonchev–Trinajstić information content (AvgIpc) is 2.89. The van der Waals surface area contributed by atoms with Gasteiger partial charge in [-0.15, -0.1) is 5.10 Å². The Balaban J connectivity index is 1.76. The van der Waals surface area contributed by atoms with Crippen molar-refractivity contribution in [1.29, 1.82) is 5.26 Å². The Hall–Kier alpha value is -2.59. The molecule has 0 N–H and O–H groups in total. The highest BCUT2D eigenvalue weighted by atomic mass is 32.2. The summed E-state index contributed by atoms with van der Waals surface area (Å²) in [6.07, 6.45) is 6.73. The highest BCUT2D eigenvalue weighted by Gasteiger charge is 2.26. The molecule has 1 aromatic carbocycles. The summed E-state index contributed by atoms with van der Waals surface area (Å²) in [7, 11) is 0. The van der Waals surface area contributed by atoms with Crippen LogP contribution in [0.2, 0.25) is 0 Å². The molecule has 0 bridgehead atoms. The van der Waals surface area contributed by atoms with Gasteiger partial charge in [0.2, 0.25) is 0 Å². The van der Waals surface area contributed by atoms with E-state index in [0.29, 0.717) is 17.8 Å². The Kier molecular flexibility index (Phi) is 5.77. The summed E-state index contributed by atoms with van der Waals surface area (Å²) in [6, 6.07) is 11.7. The zero-order valence-electron chi connectivity index (χ0n) is 15.8. The standard InChI is InChI=1S/C21H23N5OS/c22-13-7-3-9-15-28-21-23-19-18(17-12-6-2-8-14-25(17)21)20(27)26(24-19)16-10-4-1-5-11-16/h1,4-5,10-11H,2-3,6-9,12,14-15H2. The zero-order chi connectivity index (χ0) is 19.3. The monoisotopic (exact) mass is 393 g/mol. The molecule has 3 aliphatic heterocycles. The normalized spacial score (nSPS) is 13.8. The van der Waals surface area contributed by atoms with Crippen molar-refractivity contribution in [2.75, 3.05) is 5.75 Å². The molecule has 28 heavy (non-hydrogen) atoms. The summed E-state index contributed by atoms with van der Waals surface area (Å²) >= 11 is 1.71. The number of rotatable bonds is 6. The molecule has 144 valence electrons. The van der Waals surface area contributed by atoms with Gasteiger partial charge in [-0.1, -0.05) is 36.4 Å². The van der Waals surface area contributed by atoms with Crippen LogP contribution in [0.25, 0.3) is 17.1 Å². The van der Waals surface area contributed by atoms with E-state index in [9.17, 15) is 4.79 Å². The van der Waals surface area contributed by atoms with Crippen molar-refractivity contribution < 1.29 is 0 Å². The van der Waals surface area contributed by atoms with Crippen molar-refractivity contribution in [3.63, 3.8) is 0 Å². The number of unbranched alkanes of at least 4 members (excludes halogenated alkanes) is 2. The van der Waals surface area contributed by atoms with Crippen LogP contribution in [-0.2, 0) is 13.0 Å². The highest BCUT2D eigenvalue weighted by Crippen LogP contribution is 2.30. The molecule has 0 spiro atoms. The van der Waals surface area contributed by atoms with E-state index >= 15 is 0 Å². The minimum atomic E-state index is -0.0788. The van der Waals surface area contributed by atoms with Crippen molar-refractivity contribution >= 4 is 11.8 Å². The van der Waals surface area contributed by atoms with Gasteiger partial charge in [0.05, 0.1) is 11.8 Å². The Bertz CT molecular complexity index is 1020. The predicted molar refractivity (Wildman–Crippen MR) is 110 cm³/mol. The molecular weight excluding hydrogens is 370 g/mol. The largest absolute Gasteiger partial charge is 0.324 e. The summed E-state index contributed by atoms with van der Waals surface area (Å²) in [5.74, 6) is 1.46. The van der Waals surface area contributed by atoms with Gasteiger partial charge < -0.3 is 4.57 Å². The quantitative estimate of drug-likeness (QED) is 0.359. The van der Waals surface area contributed by atoms with Crippen molar-refractivity contribution in [2.45, 2.75) is 56.6 Å². The molecule has 0 fully saturated rings. The summed E-state index contributed by atoms with van der Waals surface area (Å²) in [4.78, 5) is 18.0. The summed E-state index contributed by atoms with van der Waals surface area (Å²) in [6.45, 7) is 0.898. The molecule has 0 atom stereocenters. The minimum Gasteiger partial charge on any atom is -0.324 e. The number of benzene rings is 1. The van der Waals surface area contributed by atoms with E-state index in [-0.39, 0.29) is 5.56 Å². The van der Waals surface area contributed by atoms with E-state index in [0.717, 1.165) is 67.4 Å². The average molecular weight is 394 g/mol. The fourth-order valence-electron chi connectivity index (χ4n) is 3.68. The molecule has 0 unspecified atom stereocenters. The van der Waals surface area contributed by atoms with E-state index in [1.54, 1.807) is 11.8 Å². The topological polar surface area (TPSA) is 76.5 Å². The van der Waals surface area contributed by atoms with E-state index in [1.165, 1.54) is 4.68 Å². The van der Waals surface area contributed by atoms with Crippen LogP contribution in [0.15, 0.2) is 40.3 Å². The third kappa shape index (κ3) is 3.69. The number of nitrogens with zero attached hydrogens (tertiary/aromatic N) is 5. The second-order valence-corrected chi connectivity index (χ2v) is 8.08. The van der Waals surface area contributed by atoms with Crippen LogP contribution in [0, 0.1) is 11.3 Å². The van der Waals surface area contributed by atoms with Crippen LogP contribution >= 0.6 is 11.8 Å². The number of thioether (sulfide) groups is 1. The molecule has 3 heterocycles. The summed E-state index contributed by atoms with van der Waals surface area (Å²) < 4.78 is 3.72. The molecule has 1 aromatic rings. The number of aromatic nitrogens is 4. The first-order valence-corrected chi connectivity index (χ1v) is 10.9. The number of hydrogen-bond donors (Lipinski definition) is 0. The molecular formula is C21H23N5OS. The lowest BCUT2D eigenvalue weighted by Crippen LogP contribution is -2.19. The van der Waals surface area contributed by atoms with Crippen LogP contribution in [0.5, 0.6) is 0 Å². The van der Waals surface area contributed by atoms with Gasteiger partial charge in [-0.2, -0.15) is 9.94 Å². The van der Waals surface area contributed by atoms with Gasteiger partial charge in [0.25, 0.3) is 5.56 Å². The smallest absolute Gasteiger partial charge is 0.284 e. The predicted octanol–water partition coefficient (Wildman–Crippen LogP) is 4.05. The fraction of sp³-hybridized carbons (Fsp3) is 0.429. The molecule has 0 saturated carbocycles. The Morgan fingerprint density at radius 2 is 2.00 bits per heavy atom. The molecule has 0 amide bonds. The zero-order valence-corrected chi connectivity index (χ0v) is 16.6. The van der Waals surface area contributed by atoms with Crippen LogP contribution in [0.1, 0.15) is 44.2 Å². The first-order chi connectivity index (χ1) is 13.8. The first kappa shape index (κ1) is 18.8. The van der Waals surface area contributed by atoms with Gasteiger partial charge in [0, 0.05) is 24.4 Å². The lowest BCUT2D eigenvalue weighted by Gasteiger charge is -2.17. The molecule has 7 heteroatoms. The molecule has 6 nitrogen and oxygen atoms in total. The molecule has 0 radical (unpaired) electrons. The Labute approximate surface area is 168 Å². The maximum atomic E-state index is 13.2. The van der Waals surface area contributed by atoms with Crippen molar-refractivity contribution in [1.82, 2.24) is 19.3 Å².